The Labute approximate surface area is 96.3 Å². The van der Waals surface area contributed by atoms with Gasteiger partial charge in [-0.2, -0.15) is 0 Å². The van der Waals surface area contributed by atoms with Crippen LogP contribution in [0.25, 0.3) is 0 Å². The number of hydrogen-bond acceptors (Lipinski definition) is 3. The molecule has 0 atom stereocenters. The number of carbonyl (C=O) groups excluding carboxylic acids is 1. The van der Waals surface area contributed by atoms with Crippen molar-refractivity contribution in [2.75, 3.05) is 7.05 Å². The van der Waals surface area contributed by atoms with Crippen LogP contribution in [-0.2, 0) is 17.9 Å². The van der Waals surface area contributed by atoms with E-state index >= 15 is 0 Å². The summed E-state index contributed by atoms with van der Waals surface area (Å²) in [6, 6.07) is 0.201. The van der Waals surface area contributed by atoms with Crippen molar-refractivity contribution in [3.8, 4) is 0 Å². The molecule has 0 saturated heterocycles. The first-order valence-corrected chi connectivity index (χ1v) is 5.56. The molecule has 16 heavy (non-hydrogen) atoms. The first-order chi connectivity index (χ1) is 7.63. The fourth-order valence-electron chi connectivity index (χ4n) is 1.49. The molecule has 0 aliphatic rings. The molecule has 0 fully saturated rings. The van der Waals surface area contributed by atoms with Crippen molar-refractivity contribution < 1.29 is 4.79 Å². The molecular weight excluding hydrogens is 204 g/mol. The minimum Gasteiger partial charge on any atom is -0.354 e. The molecule has 0 aliphatic carbocycles. The number of aryl methyl sites for hydroxylation is 1. The second-order valence-corrected chi connectivity index (χ2v) is 4.08. The van der Waals surface area contributed by atoms with Gasteiger partial charge in [-0.25, -0.2) is 4.98 Å². The van der Waals surface area contributed by atoms with Crippen molar-refractivity contribution in [3.63, 3.8) is 0 Å². The molecule has 0 bridgehead atoms. The highest BCUT2D eigenvalue weighted by Crippen LogP contribution is 2.00. The summed E-state index contributed by atoms with van der Waals surface area (Å²) in [5.74, 6) is 0.0825. The van der Waals surface area contributed by atoms with Gasteiger partial charge in [0.05, 0.1) is 12.0 Å². The van der Waals surface area contributed by atoms with Crippen molar-refractivity contribution in [2.24, 2.45) is 0 Å². The van der Waals surface area contributed by atoms with Crippen molar-refractivity contribution in [2.45, 2.75) is 39.4 Å². The fraction of sp³-hybridized carbons (Fsp3) is 0.636. The van der Waals surface area contributed by atoms with Gasteiger partial charge < -0.3 is 15.2 Å². The predicted molar refractivity (Wildman–Crippen MR) is 62.9 cm³/mol. The van der Waals surface area contributed by atoms with E-state index in [0.29, 0.717) is 13.0 Å². The van der Waals surface area contributed by atoms with Crippen LogP contribution in [0.3, 0.4) is 0 Å². The number of aromatic nitrogens is 2. The molecule has 0 aliphatic heterocycles. The summed E-state index contributed by atoms with van der Waals surface area (Å²) in [5.41, 5.74) is 1.10. The van der Waals surface area contributed by atoms with E-state index in [9.17, 15) is 4.79 Å². The highest BCUT2D eigenvalue weighted by Gasteiger charge is 2.05. The van der Waals surface area contributed by atoms with Crippen LogP contribution < -0.4 is 10.6 Å². The molecule has 90 valence electrons. The van der Waals surface area contributed by atoms with Crippen LogP contribution in [0.15, 0.2) is 12.5 Å². The highest BCUT2D eigenvalue weighted by molar-refractivity contribution is 5.76. The number of hydrogen-bond donors (Lipinski definition) is 2. The normalized spacial score (nSPS) is 10.8. The summed E-state index contributed by atoms with van der Waals surface area (Å²) in [6.45, 7) is 5.37. The van der Waals surface area contributed by atoms with Gasteiger partial charge in [0, 0.05) is 31.7 Å². The Balaban J connectivity index is 2.41. The van der Waals surface area contributed by atoms with Gasteiger partial charge in [-0.3, -0.25) is 4.79 Å². The lowest BCUT2D eigenvalue weighted by molar-refractivity contribution is -0.121. The fourth-order valence-corrected chi connectivity index (χ4v) is 1.49. The highest BCUT2D eigenvalue weighted by atomic mass is 16.1. The molecule has 1 heterocycles. The SMILES string of the molecule is CNCc1cncn1CCC(=O)NC(C)C. The molecule has 0 radical (unpaired) electrons. The number of amides is 1. The Kier molecular flexibility index (Phi) is 4.98. The van der Waals surface area contributed by atoms with Gasteiger partial charge >= 0.3 is 0 Å². The molecule has 2 N–H and O–H groups in total. The third-order valence-electron chi connectivity index (χ3n) is 2.19. The number of carbonyl (C=O) groups is 1. The molecule has 0 aromatic carbocycles. The Morgan fingerprint density at radius 1 is 1.56 bits per heavy atom. The minimum absolute atomic E-state index is 0.0825. The molecule has 5 nitrogen and oxygen atoms in total. The van der Waals surface area contributed by atoms with Crippen LogP contribution in [0.1, 0.15) is 26.0 Å². The Morgan fingerprint density at radius 2 is 2.31 bits per heavy atom. The van der Waals surface area contributed by atoms with Crippen LogP contribution in [0, 0.1) is 0 Å². The summed E-state index contributed by atoms with van der Waals surface area (Å²) >= 11 is 0. The van der Waals surface area contributed by atoms with Gasteiger partial charge in [-0.05, 0) is 20.9 Å². The van der Waals surface area contributed by atoms with E-state index in [-0.39, 0.29) is 11.9 Å². The number of nitrogens with zero attached hydrogens (tertiary/aromatic N) is 2. The van der Waals surface area contributed by atoms with Crippen molar-refractivity contribution in [3.05, 3.63) is 18.2 Å². The zero-order valence-electron chi connectivity index (χ0n) is 10.2. The summed E-state index contributed by atoms with van der Waals surface area (Å²) in [6.07, 6.45) is 4.07. The summed E-state index contributed by atoms with van der Waals surface area (Å²) in [7, 11) is 1.89. The van der Waals surface area contributed by atoms with Gasteiger partial charge in [-0.1, -0.05) is 0 Å². The van der Waals surface area contributed by atoms with E-state index in [1.54, 1.807) is 6.33 Å². The minimum atomic E-state index is 0.0825. The van der Waals surface area contributed by atoms with E-state index in [0.717, 1.165) is 12.2 Å². The van der Waals surface area contributed by atoms with Crippen LogP contribution in [0.5, 0.6) is 0 Å². The molecule has 1 amide bonds. The van der Waals surface area contributed by atoms with E-state index in [1.807, 2.05) is 31.7 Å². The predicted octanol–water partition coefficient (Wildman–Crippen LogP) is 0.517. The van der Waals surface area contributed by atoms with Crippen molar-refractivity contribution >= 4 is 5.91 Å². The summed E-state index contributed by atoms with van der Waals surface area (Å²) in [5, 5.41) is 5.94. The lowest BCUT2D eigenvalue weighted by Crippen LogP contribution is -2.30. The van der Waals surface area contributed by atoms with E-state index in [4.69, 9.17) is 0 Å². The van der Waals surface area contributed by atoms with Crippen LogP contribution in [0.2, 0.25) is 0 Å². The smallest absolute Gasteiger partial charge is 0.221 e. The lowest BCUT2D eigenvalue weighted by Gasteiger charge is -2.10. The summed E-state index contributed by atoms with van der Waals surface area (Å²) in [4.78, 5) is 15.5. The maximum Gasteiger partial charge on any atom is 0.221 e. The standard InChI is InChI=1S/C11H20N4O/c1-9(2)14-11(16)4-5-15-8-13-7-10(15)6-12-3/h7-9,12H,4-6H2,1-3H3,(H,14,16). The maximum absolute atomic E-state index is 11.5. The van der Waals surface area contributed by atoms with E-state index in [2.05, 4.69) is 15.6 Å². The quantitative estimate of drug-likeness (QED) is 0.740. The average Bonchev–Trinajstić information content (AvgIpc) is 2.62. The monoisotopic (exact) mass is 224 g/mol. The molecule has 1 aromatic rings. The molecule has 0 unspecified atom stereocenters. The Hall–Kier alpha value is -1.36. The van der Waals surface area contributed by atoms with Crippen molar-refractivity contribution in [1.82, 2.24) is 20.2 Å². The number of imidazole rings is 1. The van der Waals surface area contributed by atoms with Crippen LogP contribution >= 0.6 is 0 Å². The largest absolute Gasteiger partial charge is 0.354 e. The van der Waals surface area contributed by atoms with Gasteiger partial charge in [0.25, 0.3) is 0 Å². The third kappa shape index (κ3) is 4.02. The molecule has 1 aromatic heterocycles. The first kappa shape index (κ1) is 12.7. The lowest BCUT2D eigenvalue weighted by atomic mass is 10.3. The van der Waals surface area contributed by atoms with Gasteiger partial charge in [-0.15, -0.1) is 0 Å². The number of rotatable bonds is 6. The van der Waals surface area contributed by atoms with Crippen LogP contribution in [0.4, 0.5) is 0 Å². The second kappa shape index (κ2) is 6.27. The first-order valence-electron chi connectivity index (χ1n) is 5.56. The van der Waals surface area contributed by atoms with Gasteiger partial charge in [0.1, 0.15) is 0 Å². The van der Waals surface area contributed by atoms with Gasteiger partial charge in [0.15, 0.2) is 0 Å². The van der Waals surface area contributed by atoms with E-state index in [1.165, 1.54) is 0 Å². The zero-order chi connectivity index (χ0) is 12.0. The molecule has 1 rings (SSSR count). The molecule has 5 heteroatoms. The van der Waals surface area contributed by atoms with Crippen LogP contribution in [-0.4, -0.2) is 28.5 Å². The van der Waals surface area contributed by atoms with Gasteiger partial charge in [0.2, 0.25) is 5.91 Å². The average molecular weight is 224 g/mol. The maximum atomic E-state index is 11.5. The third-order valence-corrected chi connectivity index (χ3v) is 2.19. The Bertz CT molecular complexity index is 332. The molecule has 0 saturated carbocycles. The zero-order valence-corrected chi connectivity index (χ0v) is 10.2. The topological polar surface area (TPSA) is 59.0 Å². The van der Waals surface area contributed by atoms with E-state index < -0.39 is 0 Å². The summed E-state index contributed by atoms with van der Waals surface area (Å²) < 4.78 is 2.00. The number of nitrogens with one attached hydrogen (secondary N) is 2. The second-order valence-electron chi connectivity index (χ2n) is 4.08. The van der Waals surface area contributed by atoms with Crippen molar-refractivity contribution in [1.29, 1.82) is 0 Å². The molecule has 0 spiro atoms. The molecular formula is C11H20N4O. The Morgan fingerprint density at radius 3 is 2.94 bits per heavy atom.